The van der Waals surface area contributed by atoms with Gasteiger partial charge in [0.05, 0.1) is 29.1 Å². The maximum absolute atomic E-state index is 12.6. The second kappa shape index (κ2) is 6.72. The summed E-state index contributed by atoms with van der Waals surface area (Å²) in [6.07, 6.45) is 0. The van der Waals surface area contributed by atoms with Gasteiger partial charge in [0.25, 0.3) is 0 Å². The molecule has 0 unspecified atom stereocenters. The van der Waals surface area contributed by atoms with E-state index in [9.17, 15) is 4.79 Å². The molecule has 2 heterocycles. The number of para-hydroxylation sites is 4. The minimum absolute atomic E-state index is 0.125. The van der Waals surface area contributed by atoms with Crippen LogP contribution in [0.2, 0.25) is 0 Å². The number of hydrogen-bond donors (Lipinski definition) is 2. The smallest absolute Gasteiger partial charge is 0.237 e. The Bertz CT molecular complexity index is 1090. The molecule has 132 valence electrons. The molecule has 1 amide bonds. The van der Waals surface area contributed by atoms with Crippen molar-refractivity contribution in [1.82, 2.24) is 19.6 Å². The second-order valence-corrected chi connectivity index (χ2v) is 7.02. The van der Waals surface area contributed by atoms with Crippen LogP contribution < -0.4 is 10.1 Å². The number of anilines is 1. The SMILES string of the molecule is COc1ccccc1NC(=O)[C@H](C)Sc1n[nH]c2nc3ccccc3n12. The Hall–Kier alpha value is -3.00. The first kappa shape index (κ1) is 16.5. The van der Waals surface area contributed by atoms with Crippen molar-refractivity contribution in [2.45, 2.75) is 17.3 Å². The van der Waals surface area contributed by atoms with E-state index in [0.29, 0.717) is 22.4 Å². The van der Waals surface area contributed by atoms with Crippen LogP contribution in [-0.2, 0) is 4.79 Å². The number of ether oxygens (including phenoxy) is 1. The fraction of sp³-hybridized carbons (Fsp3) is 0.167. The van der Waals surface area contributed by atoms with E-state index in [-0.39, 0.29) is 11.2 Å². The van der Waals surface area contributed by atoms with Crippen molar-refractivity contribution in [3.8, 4) is 5.75 Å². The summed E-state index contributed by atoms with van der Waals surface area (Å²) < 4.78 is 7.20. The first-order valence-corrected chi connectivity index (χ1v) is 8.97. The van der Waals surface area contributed by atoms with Gasteiger partial charge in [-0.1, -0.05) is 36.0 Å². The molecule has 2 aromatic heterocycles. The van der Waals surface area contributed by atoms with Crippen molar-refractivity contribution in [2.75, 3.05) is 12.4 Å². The van der Waals surface area contributed by atoms with Crippen molar-refractivity contribution in [3.05, 3.63) is 48.5 Å². The summed E-state index contributed by atoms with van der Waals surface area (Å²) in [4.78, 5) is 17.1. The van der Waals surface area contributed by atoms with Crippen LogP contribution in [0, 0.1) is 0 Å². The molecule has 7 nitrogen and oxygen atoms in total. The first-order chi connectivity index (χ1) is 12.7. The molecule has 1 atom stereocenters. The van der Waals surface area contributed by atoms with Gasteiger partial charge in [0.2, 0.25) is 11.7 Å². The Labute approximate surface area is 153 Å². The fourth-order valence-corrected chi connectivity index (χ4v) is 3.59. The van der Waals surface area contributed by atoms with E-state index >= 15 is 0 Å². The second-order valence-electron chi connectivity index (χ2n) is 5.72. The molecule has 0 fully saturated rings. The van der Waals surface area contributed by atoms with Crippen molar-refractivity contribution in [3.63, 3.8) is 0 Å². The van der Waals surface area contributed by atoms with Crippen molar-refractivity contribution in [1.29, 1.82) is 0 Å². The van der Waals surface area contributed by atoms with E-state index < -0.39 is 0 Å². The van der Waals surface area contributed by atoms with Gasteiger partial charge >= 0.3 is 0 Å². The van der Waals surface area contributed by atoms with Gasteiger partial charge < -0.3 is 10.1 Å². The zero-order chi connectivity index (χ0) is 18.1. The maximum atomic E-state index is 12.6. The molecular weight excluding hydrogens is 350 g/mol. The molecule has 0 saturated carbocycles. The number of thioether (sulfide) groups is 1. The summed E-state index contributed by atoms with van der Waals surface area (Å²) >= 11 is 1.37. The normalized spacial score (nSPS) is 12.4. The first-order valence-electron chi connectivity index (χ1n) is 8.09. The third-order valence-corrected chi connectivity index (χ3v) is 5.07. The van der Waals surface area contributed by atoms with E-state index in [1.807, 2.05) is 59.9 Å². The monoisotopic (exact) mass is 367 g/mol. The van der Waals surface area contributed by atoms with E-state index in [4.69, 9.17) is 4.74 Å². The molecule has 2 aromatic carbocycles. The number of fused-ring (bicyclic) bond motifs is 3. The maximum Gasteiger partial charge on any atom is 0.237 e. The van der Waals surface area contributed by atoms with Gasteiger partial charge in [0, 0.05) is 0 Å². The van der Waals surface area contributed by atoms with Crippen molar-refractivity contribution in [2.24, 2.45) is 0 Å². The van der Waals surface area contributed by atoms with E-state index in [1.165, 1.54) is 11.8 Å². The lowest BCUT2D eigenvalue weighted by Crippen LogP contribution is -2.23. The number of aromatic amines is 1. The summed E-state index contributed by atoms with van der Waals surface area (Å²) in [7, 11) is 1.58. The van der Waals surface area contributed by atoms with Gasteiger partial charge in [-0.25, -0.2) is 10.1 Å². The highest BCUT2D eigenvalue weighted by Gasteiger charge is 2.20. The molecule has 0 bridgehead atoms. The molecule has 8 heteroatoms. The van der Waals surface area contributed by atoms with Gasteiger partial charge in [-0.2, -0.15) is 0 Å². The van der Waals surface area contributed by atoms with Crippen LogP contribution >= 0.6 is 11.8 Å². The number of hydrogen-bond acceptors (Lipinski definition) is 5. The molecule has 2 N–H and O–H groups in total. The number of nitrogens with zero attached hydrogens (tertiary/aromatic N) is 3. The number of nitrogens with one attached hydrogen (secondary N) is 2. The van der Waals surface area contributed by atoms with E-state index in [2.05, 4.69) is 20.5 Å². The number of benzene rings is 2. The van der Waals surface area contributed by atoms with Crippen LogP contribution in [0.1, 0.15) is 6.92 Å². The van der Waals surface area contributed by atoms with Crippen LogP contribution in [0.4, 0.5) is 5.69 Å². The molecule has 0 aliphatic rings. The summed E-state index contributed by atoms with van der Waals surface area (Å²) in [5, 5.41) is 10.5. The Morgan fingerprint density at radius 3 is 2.85 bits per heavy atom. The van der Waals surface area contributed by atoms with Crippen molar-refractivity contribution >= 4 is 40.2 Å². The summed E-state index contributed by atoms with van der Waals surface area (Å²) in [6, 6.07) is 15.2. The van der Waals surface area contributed by atoms with E-state index in [1.54, 1.807) is 7.11 Å². The summed E-state index contributed by atoms with van der Waals surface area (Å²) in [5.74, 6) is 1.16. The molecule has 0 saturated heterocycles. The number of carbonyl (C=O) groups is 1. The molecule has 0 radical (unpaired) electrons. The lowest BCUT2D eigenvalue weighted by Gasteiger charge is -2.13. The summed E-state index contributed by atoms with van der Waals surface area (Å²) in [5.41, 5.74) is 2.48. The topological polar surface area (TPSA) is 84.3 Å². The minimum atomic E-state index is -0.354. The Morgan fingerprint density at radius 1 is 1.23 bits per heavy atom. The number of amides is 1. The number of H-pyrrole nitrogens is 1. The molecular formula is C18H17N5O2S. The fourth-order valence-electron chi connectivity index (χ4n) is 2.72. The molecule has 0 aliphatic carbocycles. The predicted molar refractivity (Wildman–Crippen MR) is 102 cm³/mol. The van der Waals surface area contributed by atoms with Crippen molar-refractivity contribution < 1.29 is 9.53 Å². The predicted octanol–water partition coefficient (Wildman–Crippen LogP) is 3.34. The van der Waals surface area contributed by atoms with Crippen LogP contribution in [0.3, 0.4) is 0 Å². The largest absolute Gasteiger partial charge is 0.495 e. The summed E-state index contributed by atoms with van der Waals surface area (Å²) in [6.45, 7) is 1.84. The van der Waals surface area contributed by atoms with Gasteiger partial charge in [0.15, 0.2) is 5.16 Å². The van der Waals surface area contributed by atoms with Gasteiger partial charge in [-0.15, -0.1) is 5.10 Å². The highest BCUT2D eigenvalue weighted by Crippen LogP contribution is 2.28. The molecule has 4 aromatic rings. The Kier molecular flexibility index (Phi) is 4.26. The lowest BCUT2D eigenvalue weighted by molar-refractivity contribution is -0.115. The highest BCUT2D eigenvalue weighted by atomic mass is 32.2. The third kappa shape index (κ3) is 2.88. The van der Waals surface area contributed by atoms with Gasteiger partial charge in [-0.3, -0.25) is 9.20 Å². The Balaban J connectivity index is 1.57. The van der Waals surface area contributed by atoms with Crippen LogP contribution in [-0.4, -0.2) is 37.8 Å². The van der Waals surface area contributed by atoms with E-state index in [0.717, 1.165) is 11.0 Å². The number of aromatic nitrogens is 4. The number of rotatable bonds is 5. The number of carbonyl (C=O) groups excluding carboxylic acids is 1. The zero-order valence-electron chi connectivity index (χ0n) is 14.3. The third-order valence-electron chi connectivity index (χ3n) is 4.02. The number of methoxy groups -OCH3 is 1. The molecule has 0 aliphatic heterocycles. The molecule has 4 rings (SSSR count). The Morgan fingerprint density at radius 2 is 2.00 bits per heavy atom. The zero-order valence-corrected chi connectivity index (χ0v) is 15.1. The van der Waals surface area contributed by atoms with Crippen LogP contribution in [0.5, 0.6) is 5.75 Å². The molecule has 0 spiro atoms. The van der Waals surface area contributed by atoms with Crippen LogP contribution in [0.15, 0.2) is 53.7 Å². The molecule has 26 heavy (non-hydrogen) atoms. The average molecular weight is 367 g/mol. The standard InChI is InChI=1S/C18H17N5O2S/c1-11(16(24)19-13-8-4-6-10-15(13)25-2)26-18-22-21-17-20-12-7-3-5-9-14(12)23(17)18/h3-11H,1-2H3,(H,19,24)(H,20,21)/t11-/m0/s1. The average Bonchev–Trinajstić information content (AvgIpc) is 3.22. The quantitative estimate of drug-likeness (QED) is 0.529. The lowest BCUT2D eigenvalue weighted by atomic mass is 10.3. The highest BCUT2D eigenvalue weighted by molar-refractivity contribution is 8.00. The number of imidazole rings is 1. The van der Waals surface area contributed by atoms with Gasteiger partial charge in [-0.05, 0) is 31.2 Å². The van der Waals surface area contributed by atoms with Crippen LogP contribution in [0.25, 0.3) is 16.8 Å². The minimum Gasteiger partial charge on any atom is -0.495 e. The van der Waals surface area contributed by atoms with Gasteiger partial charge in [0.1, 0.15) is 5.75 Å².